The Labute approximate surface area is 166 Å². The minimum absolute atomic E-state index is 0.0916. The van der Waals surface area contributed by atoms with Crippen LogP contribution >= 0.6 is 0 Å². The predicted molar refractivity (Wildman–Crippen MR) is 109 cm³/mol. The van der Waals surface area contributed by atoms with E-state index >= 15 is 0 Å². The van der Waals surface area contributed by atoms with Gasteiger partial charge in [-0.15, -0.1) is 0 Å². The van der Waals surface area contributed by atoms with Crippen LogP contribution in [0.5, 0.6) is 0 Å². The second kappa shape index (κ2) is 9.00. The lowest BCUT2D eigenvalue weighted by Gasteiger charge is -2.31. The third-order valence-corrected chi connectivity index (χ3v) is 4.40. The van der Waals surface area contributed by atoms with Gasteiger partial charge in [-0.1, -0.05) is 48.0 Å². The molecule has 0 aliphatic carbocycles. The second-order valence-corrected chi connectivity index (χ2v) is 8.19. The number of carbonyl (C=O) groups excluding carboxylic acids is 2. The maximum atomic E-state index is 14.0. The Kier molecular flexibility index (Phi) is 6.95. The monoisotopic (exact) mass is 384 g/mol. The van der Waals surface area contributed by atoms with E-state index in [9.17, 15) is 14.0 Å². The molecule has 0 fully saturated rings. The molecule has 1 N–H and O–H groups in total. The van der Waals surface area contributed by atoms with Gasteiger partial charge in [0.05, 0.1) is 6.42 Å². The van der Waals surface area contributed by atoms with E-state index in [1.54, 1.807) is 25.1 Å². The van der Waals surface area contributed by atoms with Crippen LogP contribution in [0.25, 0.3) is 0 Å². The lowest BCUT2D eigenvalue weighted by atomic mass is 10.1. The standard InChI is InChI=1S/C23H29FN2O2/c1-16-9-8-10-18(13-16)15-26(17(2)22(28)25-23(3,4)5)21(27)14-19-11-6-7-12-20(19)24/h6-13,17H,14-15H2,1-5H3,(H,25,28)/t17-/m1/s1. The summed E-state index contributed by atoms with van der Waals surface area (Å²) in [7, 11) is 0. The average molecular weight is 384 g/mol. The van der Waals surface area contributed by atoms with E-state index in [-0.39, 0.29) is 24.8 Å². The van der Waals surface area contributed by atoms with Crippen LogP contribution < -0.4 is 5.32 Å². The highest BCUT2D eigenvalue weighted by molar-refractivity contribution is 5.88. The summed E-state index contributed by atoms with van der Waals surface area (Å²) in [6, 6.07) is 13.3. The van der Waals surface area contributed by atoms with Gasteiger partial charge in [0.2, 0.25) is 11.8 Å². The van der Waals surface area contributed by atoms with Crippen LogP contribution in [0.1, 0.15) is 44.4 Å². The summed E-state index contributed by atoms with van der Waals surface area (Å²) in [5.41, 5.74) is 1.92. The zero-order valence-corrected chi connectivity index (χ0v) is 17.3. The van der Waals surface area contributed by atoms with E-state index in [4.69, 9.17) is 0 Å². The van der Waals surface area contributed by atoms with Gasteiger partial charge in [-0.2, -0.15) is 0 Å². The van der Waals surface area contributed by atoms with Crippen molar-refractivity contribution in [2.24, 2.45) is 0 Å². The highest BCUT2D eigenvalue weighted by Crippen LogP contribution is 2.15. The molecule has 2 aromatic carbocycles. The molecule has 2 amide bonds. The molecule has 150 valence electrons. The Balaban J connectivity index is 2.27. The predicted octanol–water partition coefficient (Wildman–Crippen LogP) is 4.01. The van der Waals surface area contributed by atoms with Crippen LogP contribution in [0, 0.1) is 12.7 Å². The van der Waals surface area contributed by atoms with E-state index in [0.29, 0.717) is 5.56 Å². The van der Waals surface area contributed by atoms with Gasteiger partial charge in [0, 0.05) is 12.1 Å². The Morgan fingerprint density at radius 2 is 1.79 bits per heavy atom. The minimum atomic E-state index is -0.681. The molecule has 0 heterocycles. The number of aryl methyl sites for hydroxylation is 1. The van der Waals surface area contributed by atoms with Gasteiger partial charge >= 0.3 is 0 Å². The van der Waals surface area contributed by atoms with Crippen molar-refractivity contribution in [1.29, 1.82) is 0 Å². The lowest BCUT2D eigenvalue weighted by Crippen LogP contribution is -2.52. The molecule has 0 spiro atoms. The minimum Gasteiger partial charge on any atom is -0.350 e. The summed E-state index contributed by atoms with van der Waals surface area (Å²) in [5.74, 6) is -0.941. The molecule has 0 saturated heterocycles. The molecular formula is C23H29FN2O2. The number of nitrogens with zero attached hydrogens (tertiary/aromatic N) is 1. The van der Waals surface area contributed by atoms with Crippen LogP contribution in [-0.4, -0.2) is 28.3 Å². The summed E-state index contributed by atoms with van der Waals surface area (Å²) in [6.07, 6.45) is -0.0916. The number of benzene rings is 2. The van der Waals surface area contributed by atoms with Crippen LogP contribution in [0.2, 0.25) is 0 Å². The van der Waals surface area contributed by atoms with Gasteiger partial charge in [0.1, 0.15) is 11.9 Å². The summed E-state index contributed by atoms with van der Waals surface area (Å²) in [6.45, 7) is 9.64. The molecule has 0 aliphatic heterocycles. The zero-order valence-electron chi connectivity index (χ0n) is 17.3. The molecule has 5 heteroatoms. The molecule has 4 nitrogen and oxygen atoms in total. The molecule has 2 aromatic rings. The molecule has 1 atom stereocenters. The van der Waals surface area contributed by atoms with Gasteiger partial charge in [-0.25, -0.2) is 4.39 Å². The zero-order chi connectivity index (χ0) is 20.9. The Morgan fingerprint density at radius 3 is 2.39 bits per heavy atom. The Bertz CT molecular complexity index is 842. The van der Waals surface area contributed by atoms with Gasteiger partial charge in [-0.05, 0) is 51.8 Å². The average Bonchev–Trinajstić information content (AvgIpc) is 2.59. The van der Waals surface area contributed by atoms with Crippen molar-refractivity contribution in [3.8, 4) is 0 Å². The summed E-state index contributed by atoms with van der Waals surface area (Å²) >= 11 is 0. The van der Waals surface area contributed by atoms with E-state index in [0.717, 1.165) is 11.1 Å². The van der Waals surface area contributed by atoms with Crippen LogP contribution in [-0.2, 0) is 22.6 Å². The van der Waals surface area contributed by atoms with Gasteiger partial charge in [0.25, 0.3) is 0 Å². The fourth-order valence-electron chi connectivity index (χ4n) is 2.97. The topological polar surface area (TPSA) is 49.4 Å². The molecule has 2 rings (SSSR count). The Hall–Kier alpha value is -2.69. The highest BCUT2D eigenvalue weighted by Gasteiger charge is 2.28. The largest absolute Gasteiger partial charge is 0.350 e. The van der Waals surface area contributed by atoms with Crippen molar-refractivity contribution in [3.05, 3.63) is 71.0 Å². The molecule has 0 aromatic heterocycles. The maximum absolute atomic E-state index is 14.0. The molecule has 0 radical (unpaired) electrons. The number of hydrogen-bond donors (Lipinski definition) is 1. The fourth-order valence-corrected chi connectivity index (χ4v) is 2.97. The third-order valence-electron chi connectivity index (χ3n) is 4.40. The van der Waals surface area contributed by atoms with Crippen molar-refractivity contribution in [2.75, 3.05) is 0 Å². The van der Waals surface area contributed by atoms with E-state index < -0.39 is 17.4 Å². The van der Waals surface area contributed by atoms with E-state index in [2.05, 4.69) is 5.32 Å². The molecule has 0 unspecified atom stereocenters. The highest BCUT2D eigenvalue weighted by atomic mass is 19.1. The first-order chi connectivity index (χ1) is 13.1. The molecule has 0 aliphatic rings. The first-order valence-electron chi connectivity index (χ1n) is 9.47. The number of nitrogens with one attached hydrogen (secondary N) is 1. The smallest absolute Gasteiger partial charge is 0.242 e. The Morgan fingerprint density at radius 1 is 1.11 bits per heavy atom. The molecule has 28 heavy (non-hydrogen) atoms. The van der Waals surface area contributed by atoms with Crippen LogP contribution in [0.3, 0.4) is 0 Å². The molecular weight excluding hydrogens is 355 g/mol. The first-order valence-corrected chi connectivity index (χ1v) is 9.47. The maximum Gasteiger partial charge on any atom is 0.242 e. The van der Waals surface area contributed by atoms with Crippen molar-refractivity contribution in [1.82, 2.24) is 10.2 Å². The van der Waals surface area contributed by atoms with Gasteiger partial charge in [0.15, 0.2) is 0 Å². The van der Waals surface area contributed by atoms with E-state index in [1.165, 1.54) is 11.0 Å². The first kappa shape index (κ1) is 21.6. The van der Waals surface area contributed by atoms with Crippen molar-refractivity contribution in [2.45, 2.75) is 59.2 Å². The number of rotatable bonds is 6. The van der Waals surface area contributed by atoms with Gasteiger partial charge in [-0.3, -0.25) is 9.59 Å². The van der Waals surface area contributed by atoms with E-state index in [1.807, 2.05) is 52.0 Å². The summed E-state index contributed by atoms with van der Waals surface area (Å²) in [4.78, 5) is 27.3. The second-order valence-electron chi connectivity index (χ2n) is 8.19. The molecule has 0 bridgehead atoms. The lowest BCUT2D eigenvalue weighted by molar-refractivity contribution is -0.140. The van der Waals surface area contributed by atoms with Crippen LogP contribution in [0.4, 0.5) is 4.39 Å². The SMILES string of the molecule is Cc1cccc(CN(C(=O)Cc2ccccc2F)[C@H](C)C(=O)NC(C)(C)C)c1. The number of hydrogen-bond acceptors (Lipinski definition) is 2. The van der Waals surface area contributed by atoms with Crippen molar-refractivity contribution < 1.29 is 14.0 Å². The molecule has 0 saturated carbocycles. The summed E-state index contributed by atoms with van der Waals surface area (Å²) < 4.78 is 14.0. The number of amides is 2. The van der Waals surface area contributed by atoms with Crippen molar-refractivity contribution >= 4 is 11.8 Å². The van der Waals surface area contributed by atoms with Crippen LogP contribution in [0.15, 0.2) is 48.5 Å². The quantitative estimate of drug-likeness (QED) is 0.818. The number of halogens is 1. The fraction of sp³-hybridized carbons (Fsp3) is 0.391. The number of carbonyl (C=O) groups is 2. The third kappa shape index (κ3) is 6.19. The normalized spacial score (nSPS) is 12.4. The van der Waals surface area contributed by atoms with Crippen molar-refractivity contribution in [3.63, 3.8) is 0 Å². The summed E-state index contributed by atoms with van der Waals surface area (Å²) in [5, 5.41) is 2.92. The van der Waals surface area contributed by atoms with Gasteiger partial charge < -0.3 is 10.2 Å².